The summed E-state index contributed by atoms with van der Waals surface area (Å²) in [5.41, 5.74) is -0.0341. The fourth-order valence-corrected chi connectivity index (χ4v) is 1.72. The second-order valence-corrected chi connectivity index (χ2v) is 3.89. The van der Waals surface area contributed by atoms with E-state index in [1.165, 1.54) is 6.07 Å². The third kappa shape index (κ3) is 1.99. The minimum atomic E-state index is -0.761. The lowest BCUT2D eigenvalue weighted by Crippen LogP contribution is -2.12. The Morgan fingerprint density at radius 2 is 2.17 bits per heavy atom. The second kappa shape index (κ2) is 4.60. The number of benzene rings is 1. The van der Waals surface area contributed by atoms with E-state index >= 15 is 0 Å². The van der Waals surface area contributed by atoms with Crippen LogP contribution >= 0.6 is 0 Å². The Hall–Kier alpha value is -2.17. The molecule has 18 heavy (non-hydrogen) atoms. The van der Waals surface area contributed by atoms with E-state index in [-0.39, 0.29) is 23.2 Å². The molecule has 1 aromatic heterocycles. The zero-order chi connectivity index (χ0) is 13.3. The normalized spacial score (nSPS) is 10.6. The number of aromatic nitrogens is 1. The van der Waals surface area contributed by atoms with Crippen LogP contribution in [0.2, 0.25) is 0 Å². The molecule has 0 saturated heterocycles. The Balaban J connectivity index is 2.67. The third-order valence-electron chi connectivity index (χ3n) is 2.64. The van der Waals surface area contributed by atoms with Crippen molar-refractivity contribution >= 4 is 16.9 Å². The molecule has 0 amide bonds. The lowest BCUT2D eigenvalue weighted by molar-refractivity contribution is 0.0521. The van der Waals surface area contributed by atoms with E-state index in [9.17, 15) is 14.0 Å². The van der Waals surface area contributed by atoms with Crippen molar-refractivity contribution in [2.24, 2.45) is 0 Å². The molecule has 94 valence electrons. The number of hydrogen-bond donors (Lipinski definition) is 1. The Kier molecular flexibility index (Phi) is 3.14. The number of esters is 1. The highest BCUT2D eigenvalue weighted by Crippen LogP contribution is 2.19. The number of aromatic amines is 1. The molecule has 1 aromatic carbocycles. The number of fused-ring (bicyclic) bond motifs is 1. The van der Waals surface area contributed by atoms with E-state index in [4.69, 9.17) is 4.74 Å². The van der Waals surface area contributed by atoms with Crippen molar-refractivity contribution in [3.63, 3.8) is 0 Å². The number of carbonyl (C=O) groups excluding carboxylic acids is 1. The molecule has 2 rings (SSSR count). The van der Waals surface area contributed by atoms with Crippen molar-refractivity contribution in [1.29, 1.82) is 0 Å². The van der Waals surface area contributed by atoms with Gasteiger partial charge in [-0.25, -0.2) is 9.18 Å². The molecule has 1 heterocycles. The lowest BCUT2D eigenvalue weighted by Gasteiger charge is -2.06. The van der Waals surface area contributed by atoms with Gasteiger partial charge in [0.05, 0.1) is 17.7 Å². The van der Waals surface area contributed by atoms with E-state index in [2.05, 4.69) is 4.98 Å². The summed E-state index contributed by atoms with van der Waals surface area (Å²) in [6.45, 7) is 3.44. The first kappa shape index (κ1) is 12.3. The van der Waals surface area contributed by atoms with Crippen molar-refractivity contribution in [3.8, 4) is 0 Å². The highest BCUT2D eigenvalue weighted by Gasteiger charge is 2.16. The van der Waals surface area contributed by atoms with Crippen LogP contribution in [0.5, 0.6) is 0 Å². The number of rotatable bonds is 2. The number of nitrogens with one attached hydrogen (secondary N) is 1. The predicted octanol–water partition coefficient (Wildman–Crippen LogP) is 2.15. The molecule has 5 heteroatoms. The van der Waals surface area contributed by atoms with Crippen LogP contribution < -0.4 is 5.56 Å². The maximum Gasteiger partial charge on any atom is 0.341 e. The van der Waals surface area contributed by atoms with Gasteiger partial charge in [0.2, 0.25) is 0 Å². The van der Waals surface area contributed by atoms with Gasteiger partial charge in [0.1, 0.15) is 0 Å². The number of halogens is 1. The standard InChI is InChI=1S/C13H12FNO3/c1-3-18-13(17)9-5-4-8-6-7(2)12(16)15-11(8)10(9)14/h4-6H,3H2,1-2H3,(H,15,16). The summed E-state index contributed by atoms with van der Waals surface area (Å²) in [7, 11) is 0. The molecule has 0 saturated carbocycles. The van der Waals surface area contributed by atoms with Gasteiger partial charge in [-0.15, -0.1) is 0 Å². The van der Waals surface area contributed by atoms with Gasteiger partial charge in [0, 0.05) is 10.9 Å². The van der Waals surface area contributed by atoms with Crippen molar-refractivity contribution in [2.75, 3.05) is 6.61 Å². The zero-order valence-electron chi connectivity index (χ0n) is 10.0. The molecule has 0 aliphatic heterocycles. The predicted molar refractivity (Wildman–Crippen MR) is 65.2 cm³/mol. The van der Waals surface area contributed by atoms with Crippen LogP contribution in [0.25, 0.3) is 10.9 Å². The third-order valence-corrected chi connectivity index (χ3v) is 2.64. The van der Waals surface area contributed by atoms with Crippen LogP contribution in [-0.4, -0.2) is 17.6 Å². The van der Waals surface area contributed by atoms with Crippen LogP contribution in [0.1, 0.15) is 22.8 Å². The Bertz CT molecular complexity index is 676. The van der Waals surface area contributed by atoms with E-state index in [1.807, 2.05) is 0 Å². The highest BCUT2D eigenvalue weighted by atomic mass is 19.1. The van der Waals surface area contributed by atoms with Crippen molar-refractivity contribution in [2.45, 2.75) is 13.8 Å². The first-order valence-corrected chi connectivity index (χ1v) is 5.54. The van der Waals surface area contributed by atoms with Gasteiger partial charge in [-0.1, -0.05) is 6.07 Å². The Labute approximate surface area is 102 Å². The van der Waals surface area contributed by atoms with Crippen LogP contribution in [0.4, 0.5) is 4.39 Å². The molecular formula is C13H12FNO3. The number of aryl methyl sites for hydroxylation is 1. The molecule has 4 nitrogen and oxygen atoms in total. The fourth-order valence-electron chi connectivity index (χ4n) is 1.72. The van der Waals surface area contributed by atoms with Gasteiger partial charge in [0.25, 0.3) is 5.56 Å². The van der Waals surface area contributed by atoms with Crippen molar-refractivity contribution < 1.29 is 13.9 Å². The Morgan fingerprint density at radius 1 is 1.44 bits per heavy atom. The number of H-pyrrole nitrogens is 1. The molecule has 1 N–H and O–H groups in total. The molecule has 0 bridgehead atoms. The Morgan fingerprint density at radius 3 is 2.83 bits per heavy atom. The number of pyridine rings is 1. The molecule has 0 fully saturated rings. The molecule has 0 spiro atoms. The maximum absolute atomic E-state index is 14.1. The monoisotopic (exact) mass is 249 g/mol. The zero-order valence-corrected chi connectivity index (χ0v) is 10.0. The summed E-state index contributed by atoms with van der Waals surface area (Å²) < 4.78 is 18.8. The number of hydrogen-bond acceptors (Lipinski definition) is 3. The SMILES string of the molecule is CCOC(=O)c1ccc2cc(C)c(=O)[nH]c2c1F. The largest absolute Gasteiger partial charge is 0.462 e. The average molecular weight is 249 g/mol. The summed E-state index contributed by atoms with van der Waals surface area (Å²) in [5.74, 6) is -1.50. The second-order valence-electron chi connectivity index (χ2n) is 3.89. The van der Waals surface area contributed by atoms with Crippen LogP contribution in [0, 0.1) is 12.7 Å². The minimum Gasteiger partial charge on any atom is -0.462 e. The number of carbonyl (C=O) groups is 1. The highest BCUT2D eigenvalue weighted by molar-refractivity contribution is 5.94. The molecule has 0 aliphatic carbocycles. The molecular weight excluding hydrogens is 237 g/mol. The van der Waals surface area contributed by atoms with E-state index in [0.717, 1.165) is 0 Å². The summed E-state index contributed by atoms with van der Waals surface area (Å²) in [6, 6.07) is 4.51. The van der Waals surface area contributed by atoms with Gasteiger partial charge in [0.15, 0.2) is 5.82 Å². The summed E-state index contributed by atoms with van der Waals surface area (Å²) in [5, 5.41) is 0.539. The fraction of sp³-hybridized carbons (Fsp3) is 0.231. The molecule has 0 unspecified atom stereocenters. The first-order valence-electron chi connectivity index (χ1n) is 5.54. The summed E-state index contributed by atoms with van der Waals surface area (Å²) >= 11 is 0. The van der Waals surface area contributed by atoms with E-state index < -0.39 is 11.8 Å². The van der Waals surface area contributed by atoms with Gasteiger partial charge in [-0.05, 0) is 26.0 Å². The maximum atomic E-state index is 14.1. The van der Waals surface area contributed by atoms with Gasteiger partial charge in [-0.3, -0.25) is 4.79 Å². The summed E-state index contributed by atoms with van der Waals surface area (Å²) in [4.78, 5) is 25.4. The number of ether oxygens (including phenoxy) is 1. The topological polar surface area (TPSA) is 59.2 Å². The summed E-state index contributed by atoms with van der Waals surface area (Å²) in [6.07, 6.45) is 0. The van der Waals surface area contributed by atoms with Crippen LogP contribution in [-0.2, 0) is 4.74 Å². The van der Waals surface area contributed by atoms with Crippen LogP contribution in [0.3, 0.4) is 0 Å². The molecule has 0 atom stereocenters. The average Bonchev–Trinajstić information content (AvgIpc) is 2.32. The smallest absolute Gasteiger partial charge is 0.341 e. The van der Waals surface area contributed by atoms with Crippen molar-refractivity contribution in [1.82, 2.24) is 4.98 Å². The van der Waals surface area contributed by atoms with Crippen molar-refractivity contribution in [3.05, 3.63) is 45.5 Å². The van der Waals surface area contributed by atoms with Crippen LogP contribution in [0.15, 0.2) is 23.0 Å². The molecule has 0 radical (unpaired) electrons. The van der Waals surface area contributed by atoms with Gasteiger partial charge in [-0.2, -0.15) is 0 Å². The quantitative estimate of drug-likeness (QED) is 0.829. The first-order chi connectivity index (χ1) is 8.54. The van der Waals surface area contributed by atoms with Gasteiger partial charge >= 0.3 is 5.97 Å². The molecule has 0 aliphatic rings. The lowest BCUT2D eigenvalue weighted by atomic mass is 10.1. The van der Waals surface area contributed by atoms with E-state index in [1.54, 1.807) is 26.0 Å². The van der Waals surface area contributed by atoms with Gasteiger partial charge < -0.3 is 9.72 Å². The molecule has 2 aromatic rings. The van der Waals surface area contributed by atoms with E-state index in [0.29, 0.717) is 10.9 Å². The minimum absolute atomic E-state index is 0.0242.